The second-order valence-electron chi connectivity index (χ2n) is 4.76. The first-order valence-electron chi connectivity index (χ1n) is 5.56. The van der Waals surface area contributed by atoms with Crippen LogP contribution in [-0.2, 0) is 9.59 Å². The predicted octanol–water partition coefficient (Wildman–Crippen LogP) is 2.69. The van der Waals surface area contributed by atoms with Crippen LogP contribution in [-0.4, -0.2) is 34.5 Å². The zero-order valence-electron chi connectivity index (χ0n) is 10.3. The van der Waals surface area contributed by atoms with Crippen LogP contribution in [0.4, 0.5) is 26.3 Å². The minimum Gasteiger partial charge on any atom is -0.478 e. The predicted molar refractivity (Wildman–Crippen MR) is 57.6 cm³/mol. The molecule has 3 rings (SSSR count). The number of allylic oxidation sites excluding steroid dienone is 4. The minimum atomic E-state index is -5.31. The van der Waals surface area contributed by atoms with Gasteiger partial charge in [-0.2, -0.15) is 26.3 Å². The highest BCUT2D eigenvalue weighted by atomic mass is 19.4. The van der Waals surface area contributed by atoms with Crippen molar-refractivity contribution in [2.24, 2.45) is 10.8 Å². The third kappa shape index (κ3) is 1.72. The number of rotatable bonds is 2. The Hall–Kier alpha value is -2.26. The molecule has 3 aliphatic carbocycles. The highest BCUT2D eigenvalue weighted by Gasteiger charge is 2.69. The summed E-state index contributed by atoms with van der Waals surface area (Å²) in [7, 11) is 0. The average molecular weight is 328 g/mol. The molecule has 0 radical (unpaired) electrons. The molecule has 0 heterocycles. The van der Waals surface area contributed by atoms with Gasteiger partial charge in [0.2, 0.25) is 0 Å². The van der Waals surface area contributed by atoms with Gasteiger partial charge in [-0.05, 0) is 0 Å². The summed E-state index contributed by atoms with van der Waals surface area (Å²) >= 11 is 0. The molecule has 0 amide bonds. The molecule has 0 saturated carbocycles. The molecule has 120 valence electrons. The zero-order chi connectivity index (χ0) is 17.1. The van der Waals surface area contributed by atoms with E-state index in [1.165, 1.54) is 0 Å². The molecule has 2 N–H and O–H groups in total. The maximum atomic E-state index is 13.2. The molecule has 0 spiro atoms. The molecule has 0 atom stereocenters. The molecule has 0 aromatic rings. The van der Waals surface area contributed by atoms with Gasteiger partial charge in [-0.25, -0.2) is 9.59 Å². The van der Waals surface area contributed by atoms with Crippen molar-refractivity contribution >= 4 is 11.9 Å². The molecule has 0 saturated heterocycles. The standard InChI is InChI=1S/C12H6F6O4/c13-11(14,15)9-1-2-10(4-3-9,12(16,17)18)6(8(21)22)5(9)7(19)20/h1-4H,(H,19,20)(H,21,22). The van der Waals surface area contributed by atoms with Crippen LogP contribution in [0.1, 0.15) is 0 Å². The fraction of sp³-hybridized carbons (Fsp3) is 0.333. The van der Waals surface area contributed by atoms with E-state index in [4.69, 9.17) is 10.2 Å². The minimum absolute atomic E-state index is 0.0381. The number of aliphatic carboxylic acids is 2. The van der Waals surface area contributed by atoms with Crippen molar-refractivity contribution in [3.8, 4) is 0 Å². The number of carboxylic acid groups (broad SMARTS) is 2. The summed E-state index contributed by atoms with van der Waals surface area (Å²) < 4.78 is 79.3. The number of hydrogen-bond donors (Lipinski definition) is 2. The molecule has 10 heteroatoms. The van der Waals surface area contributed by atoms with E-state index in [0.717, 1.165) is 0 Å². The fourth-order valence-electron chi connectivity index (χ4n) is 2.61. The molecule has 2 bridgehead atoms. The topological polar surface area (TPSA) is 74.6 Å². The Morgan fingerprint density at radius 2 is 0.955 bits per heavy atom. The second kappa shape index (κ2) is 4.14. The number of alkyl halides is 6. The lowest BCUT2D eigenvalue weighted by Crippen LogP contribution is -2.52. The molecular formula is C12H6F6O4. The maximum Gasteiger partial charge on any atom is 0.405 e. The monoisotopic (exact) mass is 328 g/mol. The van der Waals surface area contributed by atoms with Crippen molar-refractivity contribution in [2.45, 2.75) is 12.4 Å². The van der Waals surface area contributed by atoms with Gasteiger partial charge in [0.1, 0.15) is 10.8 Å². The van der Waals surface area contributed by atoms with E-state index in [1.807, 2.05) is 0 Å². The van der Waals surface area contributed by atoms with E-state index in [2.05, 4.69) is 0 Å². The number of hydrogen-bond acceptors (Lipinski definition) is 2. The molecule has 0 aromatic carbocycles. The summed E-state index contributed by atoms with van der Waals surface area (Å²) in [4.78, 5) is 22.2. The zero-order valence-corrected chi connectivity index (χ0v) is 10.3. The third-order valence-electron chi connectivity index (χ3n) is 3.66. The van der Waals surface area contributed by atoms with Gasteiger partial charge in [-0.1, -0.05) is 24.3 Å². The Morgan fingerprint density at radius 1 is 0.727 bits per heavy atom. The van der Waals surface area contributed by atoms with Crippen LogP contribution in [0.5, 0.6) is 0 Å². The smallest absolute Gasteiger partial charge is 0.405 e. The van der Waals surface area contributed by atoms with E-state index in [1.54, 1.807) is 0 Å². The van der Waals surface area contributed by atoms with Gasteiger partial charge in [0, 0.05) is 0 Å². The molecule has 22 heavy (non-hydrogen) atoms. The lowest BCUT2D eigenvalue weighted by Gasteiger charge is -2.45. The lowest BCUT2D eigenvalue weighted by molar-refractivity contribution is -0.200. The highest BCUT2D eigenvalue weighted by Crippen LogP contribution is 2.62. The van der Waals surface area contributed by atoms with Gasteiger partial charge < -0.3 is 10.2 Å². The summed E-state index contributed by atoms with van der Waals surface area (Å²) in [5.74, 6) is -4.76. The number of halogens is 6. The van der Waals surface area contributed by atoms with Crippen LogP contribution in [0.3, 0.4) is 0 Å². The average Bonchev–Trinajstić information content (AvgIpc) is 2.35. The van der Waals surface area contributed by atoms with Crippen molar-refractivity contribution in [1.82, 2.24) is 0 Å². The Kier molecular flexibility index (Phi) is 3.03. The molecule has 3 aliphatic rings. The van der Waals surface area contributed by atoms with E-state index < -0.39 is 46.3 Å². The number of carbonyl (C=O) groups is 2. The van der Waals surface area contributed by atoms with Crippen LogP contribution in [0.2, 0.25) is 0 Å². The molecular weight excluding hydrogens is 322 g/mol. The maximum absolute atomic E-state index is 13.2. The Labute approximate surface area is 118 Å². The Bertz CT molecular complexity index is 582. The van der Waals surface area contributed by atoms with Crippen LogP contribution in [0.15, 0.2) is 35.5 Å². The first-order chi connectivity index (χ1) is 9.80. The molecule has 4 nitrogen and oxygen atoms in total. The van der Waals surface area contributed by atoms with Gasteiger partial charge in [0.05, 0.1) is 11.1 Å². The fourth-order valence-corrected chi connectivity index (χ4v) is 2.61. The lowest BCUT2D eigenvalue weighted by atomic mass is 9.59. The van der Waals surface area contributed by atoms with Crippen LogP contribution >= 0.6 is 0 Å². The van der Waals surface area contributed by atoms with Crippen LogP contribution in [0.25, 0.3) is 0 Å². The quantitative estimate of drug-likeness (QED) is 0.604. The SMILES string of the molecule is O=C(O)C1=C(C(=O)O)C2(C(F)(F)F)C=CC1(C(F)(F)F)C=C2. The van der Waals surface area contributed by atoms with Gasteiger partial charge in [-0.15, -0.1) is 0 Å². The van der Waals surface area contributed by atoms with Crippen molar-refractivity contribution in [2.75, 3.05) is 0 Å². The summed E-state index contributed by atoms with van der Waals surface area (Å²) in [5.41, 5.74) is -10.5. The Morgan fingerprint density at radius 3 is 1.09 bits per heavy atom. The molecule has 0 unspecified atom stereocenters. The van der Waals surface area contributed by atoms with Gasteiger partial charge >= 0.3 is 24.3 Å². The Balaban J connectivity index is 2.93. The van der Waals surface area contributed by atoms with Crippen molar-refractivity contribution in [1.29, 1.82) is 0 Å². The number of carboxylic acids is 2. The largest absolute Gasteiger partial charge is 0.478 e. The summed E-state index contributed by atoms with van der Waals surface area (Å²) in [6.45, 7) is 0. The molecule has 0 aromatic heterocycles. The first kappa shape index (κ1) is 16.1. The van der Waals surface area contributed by atoms with Crippen molar-refractivity contribution in [3.05, 3.63) is 35.5 Å². The molecule has 0 fully saturated rings. The van der Waals surface area contributed by atoms with Crippen LogP contribution < -0.4 is 0 Å². The molecule has 0 aliphatic heterocycles. The van der Waals surface area contributed by atoms with Gasteiger partial charge in [0.15, 0.2) is 0 Å². The van der Waals surface area contributed by atoms with Crippen molar-refractivity contribution in [3.63, 3.8) is 0 Å². The first-order valence-corrected chi connectivity index (χ1v) is 5.56. The summed E-state index contributed by atoms with van der Waals surface area (Å²) in [6.07, 6.45) is -10.5. The van der Waals surface area contributed by atoms with E-state index >= 15 is 0 Å². The van der Waals surface area contributed by atoms with Crippen molar-refractivity contribution < 1.29 is 46.1 Å². The summed E-state index contributed by atoms with van der Waals surface area (Å²) in [6, 6.07) is 0. The normalized spacial score (nSPS) is 30.8. The van der Waals surface area contributed by atoms with Crippen LogP contribution in [0, 0.1) is 10.8 Å². The third-order valence-corrected chi connectivity index (χ3v) is 3.66. The summed E-state index contributed by atoms with van der Waals surface area (Å²) in [5, 5.41) is 17.9. The van der Waals surface area contributed by atoms with E-state index in [0.29, 0.717) is 0 Å². The highest BCUT2D eigenvalue weighted by molar-refractivity contribution is 6.04. The van der Waals surface area contributed by atoms with Gasteiger partial charge in [0.25, 0.3) is 0 Å². The van der Waals surface area contributed by atoms with Gasteiger partial charge in [-0.3, -0.25) is 0 Å². The van der Waals surface area contributed by atoms with E-state index in [9.17, 15) is 35.9 Å². The van der Waals surface area contributed by atoms with E-state index in [-0.39, 0.29) is 24.3 Å². The second-order valence-corrected chi connectivity index (χ2v) is 4.76.